The van der Waals surface area contributed by atoms with Crippen molar-refractivity contribution < 1.29 is 9.53 Å². The van der Waals surface area contributed by atoms with Crippen molar-refractivity contribution in [3.8, 4) is 5.75 Å². The summed E-state index contributed by atoms with van der Waals surface area (Å²) >= 11 is 0. The predicted molar refractivity (Wildman–Crippen MR) is 94.9 cm³/mol. The maximum absolute atomic E-state index is 12.6. The highest BCUT2D eigenvalue weighted by Gasteiger charge is 2.22. The molecule has 1 atom stereocenters. The summed E-state index contributed by atoms with van der Waals surface area (Å²) in [5.74, 6) is 0.823. The molecular weight excluding hydrogens is 286 g/mol. The minimum Gasteiger partial charge on any atom is -0.481 e. The third kappa shape index (κ3) is 5.56. The first-order valence-electron chi connectivity index (χ1n) is 9.14. The lowest BCUT2D eigenvalue weighted by molar-refractivity contribution is -0.129. The van der Waals surface area contributed by atoms with Gasteiger partial charge in [-0.25, -0.2) is 0 Å². The fourth-order valence-corrected chi connectivity index (χ4v) is 3.17. The van der Waals surface area contributed by atoms with Gasteiger partial charge in [-0.1, -0.05) is 45.1 Å². The van der Waals surface area contributed by atoms with Crippen LogP contribution in [-0.4, -0.2) is 18.1 Å². The Kier molecular flexibility index (Phi) is 6.94. The van der Waals surface area contributed by atoms with Gasteiger partial charge in [-0.3, -0.25) is 4.79 Å². The minimum absolute atomic E-state index is 0.0382. The summed E-state index contributed by atoms with van der Waals surface area (Å²) in [4.78, 5) is 12.6. The van der Waals surface area contributed by atoms with Crippen LogP contribution < -0.4 is 10.1 Å². The Morgan fingerprint density at radius 3 is 2.39 bits per heavy atom. The van der Waals surface area contributed by atoms with Gasteiger partial charge in [0.1, 0.15) is 5.75 Å². The molecule has 1 aromatic carbocycles. The van der Waals surface area contributed by atoms with Crippen molar-refractivity contribution in [2.45, 2.75) is 84.3 Å². The number of hydrogen-bond donors (Lipinski definition) is 1. The van der Waals surface area contributed by atoms with Gasteiger partial charge >= 0.3 is 0 Å². The molecule has 1 aliphatic carbocycles. The Labute approximate surface area is 140 Å². The molecule has 0 aromatic heterocycles. The highest BCUT2D eigenvalue weighted by atomic mass is 16.5. The van der Waals surface area contributed by atoms with Crippen molar-refractivity contribution >= 4 is 5.91 Å². The van der Waals surface area contributed by atoms with E-state index in [2.05, 4.69) is 19.2 Å². The fourth-order valence-electron chi connectivity index (χ4n) is 3.17. The third-order valence-corrected chi connectivity index (χ3v) is 4.87. The number of benzene rings is 1. The summed E-state index contributed by atoms with van der Waals surface area (Å²) in [6.45, 7) is 6.15. The van der Waals surface area contributed by atoms with Crippen LogP contribution in [0.25, 0.3) is 0 Å². The van der Waals surface area contributed by atoms with E-state index in [-0.39, 0.29) is 5.91 Å². The van der Waals surface area contributed by atoms with Gasteiger partial charge in [0.25, 0.3) is 5.91 Å². The molecule has 1 amide bonds. The second kappa shape index (κ2) is 8.95. The molecule has 1 saturated carbocycles. The van der Waals surface area contributed by atoms with Gasteiger partial charge in [-0.2, -0.15) is 0 Å². The maximum Gasteiger partial charge on any atom is 0.261 e. The summed E-state index contributed by atoms with van der Waals surface area (Å²) in [5.41, 5.74) is 2.43. The lowest BCUT2D eigenvalue weighted by Crippen LogP contribution is -2.43. The number of ether oxygens (including phenoxy) is 1. The minimum atomic E-state index is -0.400. The van der Waals surface area contributed by atoms with Crippen molar-refractivity contribution in [3.05, 3.63) is 29.3 Å². The largest absolute Gasteiger partial charge is 0.481 e. The molecule has 128 valence electrons. The van der Waals surface area contributed by atoms with E-state index in [0.29, 0.717) is 12.5 Å². The maximum atomic E-state index is 12.6. The van der Waals surface area contributed by atoms with E-state index in [4.69, 9.17) is 4.74 Å². The highest BCUT2D eigenvalue weighted by Crippen LogP contribution is 2.20. The van der Waals surface area contributed by atoms with Gasteiger partial charge in [0.05, 0.1) is 0 Å². The number of carbonyl (C=O) groups excluding carboxylic acids is 1. The van der Waals surface area contributed by atoms with Gasteiger partial charge in [-0.15, -0.1) is 0 Å². The summed E-state index contributed by atoms with van der Waals surface area (Å²) in [7, 11) is 0. The average molecular weight is 317 g/mol. The molecular formula is C20H31NO2. The molecule has 0 saturated heterocycles. The molecule has 3 nitrogen and oxygen atoms in total. The zero-order valence-electron chi connectivity index (χ0n) is 14.9. The summed E-state index contributed by atoms with van der Waals surface area (Å²) in [6, 6.07) is 6.33. The Morgan fingerprint density at radius 1 is 1.13 bits per heavy atom. The molecule has 0 heterocycles. The topological polar surface area (TPSA) is 38.3 Å². The second-order valence-electron chi connectivity index (χ2n) is 6.81. The molecule has 0 radical (unpaired) electrons. The first-order chi connectivity index (χ1) is 11.1. The van der Waals surface area contributed by atoms with Crippen LogP contribution in [0.3, 0.4) is 0 Å². The van der Waals surface area contributed by atoms with Gasteiger partial charge in [0, 0.05) is 6.04 Å². The van der Waals surface area contributed by atoms with E-state index in [1.165, 1.54) is 43.2 Å². The average Bonchev–Trinajstić information content (AvgIpc) is 2.50. The zero-order chi connectivity index (χ0) is 16.7. The summed E-state index contributed by atoms with van der Waals surface area (Å²) < 4.78 is 5.95. The molecule has 1 N–H and O–H groups in total. The lowest BCUT2D eigenvalue weighted by atomic mass is 9.96. The van der Waals surface area contributed by atoms with Crippen molar-refractivity contribution in [2.24, 2.45) is 0 Å². The van der Waals surface area contributed by atoms with Crippen LogP contribution in [0.2, 0.25) is 0 Å². The molecule has 2 rings (SSSR count). The first-order valence-corrected chi connectivity index (χ1v) is 9.14. The van der Waals surface area contributed by atoms with Gasteiger partial charge in [0.15, 0.2) is 6.10 Å². The van der Waals surface area contributed by atoms with Crippen LogP contribution in [0.15, 0.2) is 18.2 Å². The molecule has 0 aliphatic heterocycles. The molecule has 0 bridgehead atoms. The first kappa shape index (κ1) is 17.8. The Hall–Kier alpha value is -1.51. The number of rotatable bonds is 5. The smallest absolute Gasteiger partial charge is 0.261 e. The van der Waals surface area contributed by atoms with E-state index < -0.39 is 6.10 Å². The van der Waals surface area contributed by atoms with E-state index in [1.54, 1.807) is 0 Å². The highest BCUT2D eigenvalue weighted by molar-refractivity contribution is 5.81. The third-order valence-electron chi connectivity index (χ3n) is 4.87. The van der Waals surface area contributed by atoms with Gasteiger partial charge < -0.3 is 10.1 Å². The standard InChI is InChI=1S/C20H31NO2/c1-4-19(23-18-13-12-15(2)16(3)14-18)20(22)21-17-10-8-6-5-7-9-11-17/h12-14,17,19H,4-11H2,1-3H3,(H,21,22)/t19-/m0/s1. The van der Waals surface area contributed by atoms with E-state index in [1.807, 2.05) is 25.1 Å². The number of hydrogen-bond acceptors (Lipinski definition) is 2. The molecule has 23 heavy (non-hydrogen) atoms. The Bertz CT molecular complexity index is 504. The number of carbonyl (C=O) groups is 1. The Balaban J connectivity index is 1.93. The predicted octanol–water partition coefficient (Wildman–Crippen LogP) is 4.69. The van der Waals surface area contributed by atoms with Crippen LogP contribution >= 0.6 is 0 Å². The summed E-state index contributed by atoms with van der Waals surface area (Å²) in [6.07, 6.45) is 8.87. The van der Waals surface area contributed by atoms with Crippen LogP contribution in [0.4, 0.5) is 0 Å². The van der Waals surface area contributed by atoms with Crippen molar-refractivity contribution in [3.63, 3.8) is 0 Å². The quantitative estimate of drug-likeness (QED) is 0.855. The molecule has 0 unspecified atom stereocenters. The fraction of sp³-hybridized carbons (Fsp3) is 0.650. The van der Waals surface area contributed by atoms with Gasteiger partial charge in [0.2, 0.25) is 0 Å². The summed E-state index contributed by atoms with van der Waals surface area (Å²) in [5, 5.41) is 3.22. The number of aryl methyl sites for hydroxylation is 2. The van der Waals surface area contributed by atoms with Crippen LogP contribution in [0.1, 0.15) is 69.4 Å². The zero-order valence-corrected chi connectivity index (χ0v) is 14.9. The number of amides is 1. The normalized spacial score (nSPS) is 17.9. The molecule has 1 aliphatic rings. The molecule has 0 spiro atoms. The van der Waals surface area contributed by atoms with Crippen LogP contribution in [0.5, 0.6) is 5.75 Å². The lowest BCUT2D eigenvalue weighted by Gasteiger charge is -2.24. The van der Waals surface area contributed by atoms with E-state index in [9.17, 15) is 4.79 Å². The molecule has 1 aromatic rings. The van der Waals surface area contributed by atoms with E-state index in [0.717, 1.165) is 18.6 Å². The van der Waals surface area contributed by atoms with Crippen molar-refractivity contribution in [1.82, 2.24) is 5.32 Å². The molecule has 1 fully saturated rings. The second-order valence-corrected chi connectivity index (χ2v) is 6.81. The molecule has 3 heteroatoms. The van der Waals surface area contributed by atoms with Crippen molar-refractivity contribution in [2.75, 3.05) is 0 Å². The van der Waals surface area contributed by atoms with Crippen LogP contribution in [0, 0.1) is 13.8 Å². The monoisotopic (exact) mass is 317 g/mol. The Morgan fingerprint density at radius 2 is 1.78 bits per heavy atom. The van der Waals surface area contributed by atoms with Crippen molar-refractivity contribution in [1.29, 1.82) is 0 Å². The number of nitrogens with one attached hydrogen (secondary N) is 1. The van der Waals surface area contributed by atoms with E-state index >= 15 is 0 Å². The van der Waals surface area contributed by atoms with Gasteiger partial charge in [-0.05, 0) is 56.4 Å². The SMILES string of the molecule is CC[C@H](Oc1ccc(C)c(C)c1)C(=O)NC1CCCCCCC1. The van der Waals surface area contributed by atoms with Crippen LogP contribution in [-0.2, 0) is 4.79 Å².